The molecule has 0 saturated carbocycles. The average Bonchev–Trinajstić information content (AvgIpc) is 2.68. The zero-order chi connectivity index (χ0) is 19.9. The second kappa shape index (κ2) is 9.53. The normalized spacial score (nSPS) is 12.6. The lowest BCUT2D eigenvalue weighted by atomic mass is 10.1. The van der Waals surface area contributed by atoms with Gasteiger partial charge in [-0.3, -0.25) is 4.79 Å². The standard InChI is InChI=1S/C20H26N2O4S/c1-16(18-12-7-8-13-19(18)26-3)21-20(23)14-9-15-22(2)27(24,25)17-10-5-4-6-11-17/h4-8,10-13,16H,9,14-15H2,1-3H3,(H,21,23)/t16-/m0/s1. The Morgan fingerprint density at radius 2 is 1.74 bits per heavy atom. The van der Waals surface area contributed by atoms with Crippen molar-refractivity contribution in [3.8, 4) is 5.75 Å². The molecule has 1 amide bonds. The lowest BCUT2D eigenvalue weighted by molar-refractivity contribution is -0.121. The van der Waals surface area contributed by atoms with Gasteiger partial charge in [0.25, 0.3) is 0 Å². The predicted molar refractivity (Wildman–Crippen MR) is 105 cm³/mol. The highest BCUT2D eigenvalue weighted by Crippen LogP contribution is 2.24. The molecule has 2 rings (SSSR count). The Morgan fingerprint density at radius 3 is 2.41 bits per heavy atom. The molecule has 0 bridgehead atoms. The van der Waals surface area contributed by atoms with Gasteiger partial charge in [0.2, 0.25) is 15.9 Å². The maximum atomic E-state index is 12.5. The first-order valence-corrected chi connectivity index (χ1v) is 10.2. The first kappa shape index (κ1) is 20.9. The summed E-state index contributed by atoms with van der Waals surface area (Å²) < 4.78 is 31.5. The number of hydrogen-bond donors (Lipinski definition) is 1. The second-order valence-corrected chi connectivity index (χ2v) is 8.32. The molecule has 2 aromatic carbocycles. The summed E-state index contributed by atoms with van der Waals surface area (Å²) in [6.45, 7) is 2.16. The van der Waals surface area contributed by atoms with Crippen LogP contribution in [0.3, 0.4) is 0 Å². The van der Waals surface area contributed by atoms with Crippen molar-refractivity contribution >= 4 is 15.9 Å². The molecule has 0 aliphatic rings. The van der Waals surface area contributed by atoms with Crippen LogP contribution < -0.4 is 10.1 Å². The average molecular weight is 391 g/mol. The summed E-state index contributed by atoms with van der Waals surface area (Å²) in [5.74, 6) is 0.595. The van der Waals surface area contributed by atoms with Crippen LogP contribution in [0.1, 0.15) is 31.4 Å². The molecule has 7 heteroatoms. The van der Waals surface area contributed by atoms with Crippen molar-refractivity contribution in [2.24, 2.45) is 0 Å². The number of benzene rings is 2. The van der Waals surface area contributed by atoms with Crippen LogP contribution in [0.25, 0.3) is 0 Å². The van der Waals surface area contributed by atoms with E-state index in [2.05, 4.69) is 5.32 Å². The van der Waals surface area contributed by atoms with E-state index in [9.17, 15) is 13.2 Å². The maximum absolute atomic E-state index is 12.5. The molecule has 0 heterocycles. The molecule has 0 aliphatic carbocycles. The third-order valence-corrected chi connectivity index (χ3v) is 6.18. The molecular weight excluding hydrogens is 364 g/mol. The summed E-state index contributed by atoms with van der Waals surface area (Å²) in [6, 6.07) is 15.6. The Labute approximate surface area is 161 Å². The van der Waals surface area contributed by atoms with E-state index in [0.717, 1.165) is 11.3 Å². The van der Waals surface area contributed by atoms with Gasteiger partial charge < -0.3 is 10.1 Å². The monoisotopic (exact) mass is 390 g/mol. The zero-order valence-electron chi connectivity index (χ0n) is 15.9. The highest BCUT2D eigenvalue weighted by molar-refractivity contribution is 7.89. The molecule has 1 atom stereocenters. The van der Waals surface area contributed by atoms with E-state index >= 15 is 0 Å². The summed E-state index contributed by atoms with van der Waals surface area (Å²) >= 11 is 0. The molecule has 0 aromatic heterocycles. The molecule has 2 aromatic rings. The number of ether oxygens (including phenoxy) is 1. The molecule has 146 valence electrons. The van der Waals surface area contributed by atoms with Gasteiger partial charge in [0.05, 0.1) is 18.0 Å². The highest BCUT2D eigenvalue weighted by Gasteiger charge is 2.20. The number of hydrogen-bond acceptors (Lipinski definition) is 4. The van der Waals surface area contributed by atoms with Crippen molar-refractivity contribution in [1.82, 2.24) is 9.62 Å². The number of rotatable bonds is 9. The quantitative estimate of drug-likeness (QED) is 0.714. The number of amides is 1. The van der Waals surface area contributed by atoms with Crippen molar-refractivity contribution in [3.05, 3.63) is 60.2 Å². The van der Waals surface area contributed by atoms with Gasteiger partial charge in [-0.2, -0.15) is 0 Å². The van der Waals surface area contributed by atoms with Crippen LogP contribution in [0, 0.1) is 0 Å². The van der Waals surface area contributed by atoms with Crippen molar-refractivity contribution in [2.75, 3.05) is 20.7 Å². The van der Waals surface area contributed by atoms with E-state index in [1.807, 2.05) is 31.2 Å². The smallest absolute Gasteiger partial charge is 0.242 e. The van der Waals surface area contributed by atoms with E-state index in [-0.39, 0.29) is 29.8 Å². The Hall–Kier alpha value is -2.38. The molecule has 0 saturated heterocycles. The van der Waals surface area contributed by atoms with Gasteiger partial charge in [0.1, 0.15) is 5.75 Å². The molecule has 0 unspecified atom stereocenters. The Bertz CT molecular complexity index is 853. The predicted octanol–water partition coefficient (Wildman–Crippen LogP) is 2.97. The van der Waals surface area contributed by atoms with Gasteiger partial charge in [-0.25, -0.2) is 12.7 Å². The van der Waals surface area contributed by atoms with Crippen molar-refractivity contribution < 1.29 is 17.9 Å². The second-order valence-electron chi connectivity index (χ2n) is 6.27. The van der Waals surface area contributed by atoms with Gasteiger partial charge in [-0.1, -0.05) is 36.4 Å². The van der Waals surface area contributed by atoms with Crippen LogP contribution in [0.15, 0.2) is 59.5 Å². The number of carbonyl (C=O) groups excluding carboxylic acids is 1. The van der Waals surface area contributed by atoms with E-state index in [0.29, 0.717) is 6.42 Å². The van der Waals surface area contributed by atoms with Gasteiger partial charge in [-0.15, -0.1) is 0 Å². The fourth-order valence-electron chi connectivity index (χ4n) is 2.77. The SMILES string of the molecule is COc1ccccc1[C@H](C)NC(=O)CCCN(C)S(=O)(=O)c1ccccc1. The number of carbonyl (C=O) groups is 1. The van der Waals surface area contributed by atoms with Crippen molar-refractivity contribution in [3.63, 3.8) is 0 Å². The van der Waals surface area contributed by atoms with Gasteiger partial charge in [0.15, 0.2) is 0 Å². The van der Waals surface area contributed by atoms with Gasteiger partial charge >= 0.3 is 0 Å². The first-order chi connectivity index (χ1) is 12.9. The summed E-state index contributed by atoms with van der Waals surface area (Å²) in [5, 5.41) is 2.93. The van der Waals surface area contributed by atoms with Crippen LogP contribution in [0.4, 0.5) is 0 Å². The van der Waals surface area contributed by atoms with Gasteiger partial charge in [-0.05, 0) is 31.5 Å². The largest absolute Gasteiger partial charge is 0.496 e. The summed E-state index contributed by atoms with van der Waals surface area (Å²) in [4.78, 5) is 12.5. The minimum atomic E-state index is -3.53. The lowest BCUT2D eigenvalue weighted by Crippen LogP contribution is -2.30. The third kappa shape index (κ3) is 5.55. The zero-order valence-corrected chi connectivity index (χ0v) is 16.7. The van der Waals surface area contributed by atoms with Gasteiger partial charge in [0, 0.05) is 25.6 Å². The Balaban J connectivity index is 1.85. The third-order valence-electron chi connectivity index (χ3n) is 4.31. The molecule has 0 spiro atoms. The van der Waals surface area contributed by atoms with Crippen molar-refractivity contribution in [2.45, 2.75) is 30.7 Å². The Kier molecular flexibility index (Phi) is 7.38. The first-order valence-electron chi connectivity index (χ1n) is 8.80. The number of para-hydroxylation sites is 1. The molecular formula is C20H26N2O4S. The number of methoxy groups -OCH3 is 1. The number of sulfonamides is 1. The number of nitrogens with zero attached hydrogens (tertiary/aromatic N) is 1. The summed E-state index contributed by atoms with van der Waals surface area (Å²) in [6.07, 6.45) is 0.682. The maximum Gasteiger partial charge on any atom is 0.242 e. The van der Waals surface area contributed by atoms with Crippen molar-refractivity contribution in [1.29, 1.82) is 0 Å². The van der Waals surface area contributed by atoms with Crippen LogP contribution in [0.2, 0.25) is 0 Å². The summed E-state index contributed by atoms with van der Waals surface area (Å²) in [5.41, 5.74) is 0.900. The minimum Gasteiger partial charge on any atom is -0.496 e. The highest BCUT2D eigenvalue weighted by atomic mass is 32.2. The summed E-state index contributed by atoms with van der Waals surface area (Å²) in [7, 11) is -0.408. The molecule has 0 radical (unpaired) electrons. The van der Waals surface area contributed by atoms with Crippen LogP contribution in [-0.4, -0.2) is 39.3 Å². The fourth-order valence-corrected chi connectivity index (χ4v) is 4.00. The molecule has 27 heavy (non-hydrogen) atoms. The minimum absolute atomic E-state index is 0.126. The molecule has 0 fully saturated rings. The number of nitrogens with one attached hydrogen (secondary N) is 1. The van der Waals surface area contributed by atoms with Crippen LogP contribution in [0.5, 0.6) is 5.75 Å². The van der Waals surface area contributed by atoms with E-state index < -0.39 is 10.0 Å². The molecule has 0 aliphatic heterocycles. The van der Waals surface area contributed by atoms with Crippen LogP contribution in [-0.2, 0) is 14.8 Å². The van der Waals surface area contributed by atoms with E-state index in [4.69, 9.17) is 4.74 Å². The Morgan fingerprint density at radius 1 is 1.11 bits per heavy atom. The fraction of sp³-hybridized carbons (Fsp3) is 0.350. The van der Waals surface area contributed by atoms with Crippen LogP contribution >= 0.6 is 0 Å². The van der Waals surface area contributed by atoms with E-state index in [1.165, 1.54) is 11.4 Å². The van der Waals surface area contributed by atoms with E-state index in [1.54, 1.807) is 37.4 Å². The molecule has 6 nitrogen and oxygen atoms in total. The molecule has 1 N–H and O–H groups in total. The lowest BCUT2D eigenvalue weighted by Gasteiger charge is -2.19. The topological polar surface area (TPSA) is 75.7 Å².